The summed E-state index contributed by atoms with van der Waals surface area (Å²) in [5.74, 6) is 1.58. The number of rotatable bonds is 7. The number of nitrogens with zero attached hydrogens (tertiary/aromatic N) is 3. The number of Topliss-reactive ketones (excluding diaryl/α,β-unsaturated/α-hetero) is 1. The number of hydrogen-bond acceptors (Lipinski definition) is 6. The van der Waals surface area contributed by atoms with Crippen molar-refractivity contribution in [3.63, 3.8) is 0 Å². The third-order valence-electron chi connectivity index (χ3n) is 4.77. The van der Waals surface area contributed by atoms with Gasteiger partial charge in [0.1, 0.15) is 5.76 Å². The molecule has 4 aromatic rings. The Kier molecular flexibility index (Phi) is 5.40. The van der Waals surface area contributed by atoms with Crippen LogP contribution in [0, 0.1) is 20.8 Å². The van der Waals surface area contributed by atoms with Gasteiger partial charge in [-0.2, -0.15) is 0 Å². The van der Waals surface area contributed by atoms with Gasteiger partial charge in [0.2, 0.25) is 5.89 Å². The summed E-state index contributed by atoms with van der Waals surface area (Å²) in [7, 11) is 0. The quantitative estimate of drug-likeness (QED) is 0.314. The number of hydrogen-bond donors (Lipinski definition) is 0. The van der Waals surface area contributed by atoms with Crippen LogP contribution < -0.4 is 0 Å². The topological polar surface area (TPSA) is 74.1 Å². The second kappa shape index (κ2) is 8.13. The standard InChI is InChI=1S/C22H21N3O3S/c1-14-6-4-7-17(10-14)21-23-24-22(28-21)29-13-20(26)19-11-15(2)25(16(19)3)12-18-8-5-9-27-18/h4-11H,12-13H2,1-3H3. The lowest BCUT2D eigenvalue weighted by molar-refractivity contribution is 0.102. The number of furan rings is 1. The van der Waals surface area contributed by atoms with Gasteiger partial charge in [-0.3, -0.25) is 4.79 Å². The molecular weight excluding hydrogens is 386 g/mol. The molecule has 3 heterocycles. The molecule has 0 aliphatic rings. The predicted octanol–water partition coefficient (Wildman–Crippen LogP) is 5.08. The van der Waals surface area contributed by atoms with E-state index in [2.05, 4.69) is 14.8 Å². The molecule has 0 aliphatic heterocycles. The smallest absolute Gasteiger partial charge is 0.277 e. The van der Waals surface area contributed by atoms with Gasteiger partial charge in [0.15, 0.2) is 5.78 Å². The molecule has 1 aromatic carbocycles. The molecule has 0 aliphatic carbocycles. The number of aromatic nitrogens is 3. The van der Waals surface area contributed by atoms with Crippen molar-refractivity contribution in [2.24, 2.45) is 0 Å². The Hall–Kier alpha value is -3.06. The fraction of sp³-hybridized carbons (Fsp3) is 0.227. The number of ketones is 1. The largest absolute Gasteiger partial charge is 0.467 e. The van der Waals surface area contributed by atoms with Gasteiger partial charge in [-0.1, -0.05) is 29.5 Å². The van der Waals surface area contributed by atoms with Crippen molar-refractivity contribution in [1.29, 1.82) is 0 Å². The monoisotopic (exact) mass is 407 g/mol. The Labute approximate surface area is 172 Å². The summed E-state index contributed by atoms with van der Waals surface area (Å²) >= 11 is 1.25. The summed E-state index contributed by atoms with van der Waals surface area (Å²) in [5.41, 5.74) is 4.65. The van der Waals surface area contributed by atoms with E-state index in [1.54, 1.807) is 6.26 Å². The maximum absolute atomic E-state index is 12.8. The normalized spacial score (nSPS) is 11.1. The van der Waals surface area contributed by atoms with E-state index >= 15 is 0 Å². The summed E-state index contributed by atoms with van der Waals surface area (Å²) in [4.78, 5) is 12.8. The first-order valence-corrected chi connectivity index (χ1v) is 10.3. The highest BCUT2D eigenvalue weighted by Gasteiger charge is 2.18. The van der Waals surface area contributed by atoms with Crippen LogP contribution in [0.1, 0.15) is 33.1 Å². The Morgan fingerprint density at radius 2 is 1.97 bits per heavy atom. The predicted molar refractivity (Wildman–Crippen MR) is 111 cm³/mol. The molecule has 0 unspecified atom stereocenters. The minimum absolute atomic E-state index is 0.0316. The number of aryl methyl sites for hydroxylation is 2. The molecule has 0 amide bonds. The highest BCUT2D eigenvalue weighted by Crippen LogP contribution is 2.25. The van der Waals surface area contributed by atoms with Crippen LogP contribution in [-0.4, -0.2) is 26.3 Å². The SMILES string of the molecule is Cc1cccc(-c2nnc(SCC(=O)c3cc(C)n(Cc4ccco4)c3C)o2)c1. The summed E-state index contributed by atoms with van der Waals surface area (Å²) in [6.07, 6.45) is 1.65. The fourth-order valence-electron chi connectivity index (χ4n) is 3.25. The molecule has 0 radical (unpaired) electrons. The van der Waals surface area contributed by atoms with Crippen molar-refractivity contribution >= 4 is 17.5 Å². The lowest BCUT2D eigenvalue weighted by atomic mass is 10.1. The second-order valence-corrected chi connectivity index (χ2v) is 7.83. The Morgan fingerprint density at radius 3 is 2.72 bits per heavy atom. The van der Waals surface area contributed by atoms with Gasteiger partial charge in [0.25, 0.3) is 5.22 Å². The Balaban J connectivity index is 1.44. The third kappa shape index (κ3) is 4.19. The molecule has 0 fully saturated rings. The van der Waals surface area contributed by atoms with Gasteiger partial charge in [-0.25, -0.2) is 0 Å². The van der Waals surface area contributed by atoms with Crippen molar-refractivity contribution < 1.29 is 13.6 Å². The fourth-order valence-corrected chi connectivity index (χ4v) is 3.90. The number of carbonyl (C=O) groups excluding carboxylic acids is 1. The summed E-state index contributed by atoms with van der Waals surface area (Å²) < 4.78 is 13.2. The van der Waals surface area contributed by atoms with E-state index in [4.69, 9.17) is 8.83 Å². The van der Waals surface area contributed by atoms with E-state index in [1.807, 2.05) is 63.2 Å². The number of benzene rings is 1. The van der Waals surface area contributed by atoms with Crippen LogP contribution in [-0.2, 0) is 6.54 Å². The van der Waals surface area contributed by atoms with E-state index in [0.29, 0.717) is 23.2 Å². The van der Waals surface area contributed by atoms with E-state index in [0.717, 1.165) is 28.3 Å². The molecule has 6 nitrogen and oxygen atoms in total. The molecule has 3 aromatic heterocycles. The van der Waals surface area contributed by atoms with Crippen LogP contribution in [0.4, 0.5) is 0 Å². The number of carbonyl (C=O) groups is 1. The van der Waals surface area contributed by atoms with Crippen LogP contribution in [0.15, 0.2) is 62.8 Å². The van der Waals surface area contributed by atoms with Crippen molar-refractivity contribution in [2.75, 3.05) is 5.75 Å². The van der Waals surface area contributed by atoms with Gasteiger partial charge in [-0.05, 0) is 51.1 Å². The van der Waals surface area contributed by atoms with Crippen LogP contribution in [0.2, 0.25) is 0 Å². The van der Waals surface area contributed by atoms with Gasteiger partial charge in [-0.15, -0.1) is 10.2 Å². The first-order chi connectivity index (χ1) is 14.0. The van der Waals surface area contributed by atoms with E-state index < -0.39 is 0 Å². The highest BCUT2D eigenvalue weighted by molar-refractivity contribution is 7.99. The molecule has 0 spiro atoms. The van der Waals surface area contributed by atoms with Gasteiger partial charge in [0, 0.05) is 22.5 Å². The molecule has 0 bridgehead atoms. The first-order valence-electron chi connectivity index (χ1n) is 9.27. The zero-order valence-corrected chi connectivity index (χ0v) is 17.3. The molecule has 0 saturated carbocycles. The lowest BCUT2D eigenvalue weighted by Gasteiger charge is -2.07. The zero-order valence-electron chi connectivity index (χ0n) is 16.5. The van der Waals surface area contributed by atoms with Gasteiger partial charge >= 0.3 is 0 Å². The number of thioether (sulfide) groups is 1. The molecular formula is C22H21N3O3S. The first kappa shape index (κ1) is 19.3. The zero-order chi connectivity index (χ0) is 20.4. The van der Waals surface area contributed by atoms with E-state index in [-0.39, 0.29) is 11.5 Å². The van der Waals surface area contributed by atoms with Crippen LogP contribution in [0.3, 0.4) is 0 Å². The summed E-state index contributed by atoms with van der Waals surface area (Å²) in [6.45, 7) is 6.56. The van der Waals surface area contributed by atoms with Gasteiger partial charge in [0.05, 0.1) is 18.6 Å². The molecule has 7 heteroatoms. The third-order valence-corrected chi connectivity index (χ3v) is 5.58. The molecule has 148 valence electrons. The molecule has 0 saturated heterocycles. The van der Waals surface area contributed by atoms with Crippen LogP contribution in [0.5, 0.6) is 0 Å². The molecule has 0 N–H and O–H groups in total. The Bertz CT molecular complexity index is 1140. The Morgan fingerprint density at radius 1 is 1.10 bits per heavy atom. The van der Waals surface area contributed by atoms with Crippen molar-refractivity contribution in [3.05, 3.63) is 77.0 Å². The van der Waals surface area contributed by atoms with Crippen LogP contribution >= 0.6 is 11.8 Å². The van der Waals surface area contributed by atoms with Crippen LogP contribution in [0.25, 0.3) is 11.5 Å². The van der Waals surface area contributed by atoms with Crippen molar-refractivity contribution in [3.8, 4) is 11.5 Å². The highest BCUT2D eigenvalue weighted by atomic mass is 32.2. The maximum Gasteiger partial charge on any atom is 0.277 e. The minimum Gasteiger partial charge on any atom is -0.467 e. The summed E-state index contributed by atoms with van der Waals surface area (Å²) in [6, 6.07) is 13.6. The van der Waals surface area contributed by atoms with Crippen molar-refractivity contribution in [2.45, 2.75) is 32.5 Å². The minimum atomic E-state index is 0.0316. The average molecular weight is 407 g/mol. The van der Waals surface area contributed by atoms with Gasteiger partial charge < -0.3 is 13.4 Å². The lowest BCUT2D eigenvalue weighted by Crippen LogP contribution is -2.07. The second-order valence-electron chi connectivity index (χ2n) is 6.90. The molecule has 29 heavy (non-hydrogen) atoms. The molecule has 0 atom stereocenters. The maximum atomic E-state index is 12.8. The van der Waals surface area contributed by atoms with E-state index in [9.17, 15) is 4.79 Å². The average Bonchev–Trinajstić information content (AvgIpc) is 3.44. The summed E-state index contributed by atoms with van der Waals surface area (Å²) in [5, 5.41) is 8.54. The molecule has 4 rings (SSSR count). The van der Waals surface area contributed by atoms with E-state index in [1.165, 1.54) is 11.8 Å². The van der Waals surface area contributed by atoms with Crippen molar-refractivity contribution in [1.82, 2.24) is 14.8 Å².